The van der Waals surface area contributed by atoms with Gasteiger partial charge in [0.1, 0.15) is 0 Å². The van der Waals surface area contributed by atoms with Crippen molar-refractivity contribution in [3.63, 3.8) is 0 Å². The molecular formula is C18H19NO3S. The summed E-state index contributed by atoms with van der Waals surface area (Å²) >= 11 is 0. The van der Waals surface area contributed by atoms with E-state index >= 15 is 0 Å². The van der Waals surface area contributed by atoms with Crippen molar-refractivity contribution in [3.05, 3.63) is 53.9 Å². The van der Waals surface area contributed by atoms with Gasteiger partial charge in [-0.05, 0) is 17.5 Å². The van der Waals surface area contributed by atoms with E-state index in [4.69, 9.17) is 0 Å². The van der Waals surface area contributed by atoms with E-state index in [-0.39, 0.29) is 17.6 Å². The molecule has 4 nitrogen and oxygen atoms in total. The van der Waals surface area contributed by atoms with Gasteiger partial charge >= 0.3 is 0 Å². The van der Waals surface area contributed by atoms with Crippen LogP contribution in [0.25, 0.3) is 10.8 Å². The van der Waals surface area contributed by atoms with Gasteiger partial charge in [-0.2, -0.15) is 0 Å². The Morgan fingerprint density at radius 1 is 1.13 bits per heavy atom. The van der Waals surface area contributed by atoms with E-state index in [2.05, 4.69) is 0 Å². The van der Waals surface area contributed by atoms with Gasteiger partial charge in [0.15, 0.2) is 9.84 Å². The van der Waals surface area contributed by atoms with Crippen molar-refractivity contribution in [1.29, 1.82) is 0 Å². The fraction of sp³-hybridized carbons (Fsp3) is 0.278. The van der Waals surface area contributed by atoms with E-state index in [1.54, 1.807) is 11.0 Å². The van der Waals surface area contributed by atoms with E-state index in [1.165, 1.54) is 5.41 Å². The Bertz CT molecular complexity index is 879. The number of sulfone groups is 1. The highest BCUT2D eigenvalue weighted by molar-refractivity contribution is 7.94. The second-order valence-electron chi connectivity index (χ2n) is 6.09. The zero-order valence-electron chi connectivity index (χ0n) is 13.1. The van der Waals surface area contributed by atoms with Crippen LogP contribution >= 0.6 is 0 Å². The first kappa shape index (κ1) is 15.7. The number of nitrogens with zero attached hydrogens (tertiary/aromatic N) is 1. The molecular weight excluding hydrogens is 310 g/mol. The molecule has 0 fully saturated rings. The van der Waals surface area contributed by atoms with Gasteiger partial charge in [-0.1, -0.05) is 50.2 Å². The fourth-order valence-electron chi connectivity index (χ4n) is 2.88. The Morgan fingerprint density at radius 3 is 2.48 bits per heavy atom. The molecule has 0 bridgehead atoms. The Labute approximate surface area is 136 Å². The molecule has 2 aromatic carbocycles. The van der Waals surface area contributed by atoms with Gasteiger partial charge in [-0.3, -0.25) is 4.79 Å². The van der Waals surface area contributed by atoms with Crippen LogP contribution in [0.4, 0.5) is 5.69 Å². The van der Waals surface area contributed by atoms with Crippen LogP contribution in [0.1, 0.15) is 13.8 Å². The summed E-state index contributed by atoms with van der Waals surface area (Å²) in [6.45, 7) is 3.65. The summed E-state index contributed by atoms with van der Waals surface area (Å²) in [5, 5.41) is 3.18. The molecule has 1 amide bonds. The lowest BCUT2D eigenvalue weighted by molar-refractivity contribution is -0.121. The molecule has 0 N–H and O–H groups in total. The minimum absolute atomic E-state index is 0.0608. The van der Waals surface area contributed by atoms with Crippen molar-refractivity contribution in [3.8, 4) is 0 Å². The number of carbonyl (C=O) groups excluding carboxylic acids is 1. The molecule has 1 heterocycles. The quantitative estimate of drug-likeness (QED) is 0.869. The summed E-state index contributed by atoms with van der Waals surface area (Å²) in [5.74, 6) is -0.354. The predicted molar refractivity (Wildman–Crippen MR) is 93.0 cm³/mol. The van der Waals surface area contributed by atoms with Gasteiger partial charge in [0.05, 0.1) is 17.5 Å². The third kappa shape index (κ3) is 3.01. The molecule has 2 aromatic rings. The molecule has 1 unspecified atom stereocenters. The second-order valence-corrected chi connectivity index (χ2v) is 8.02. The van der Waals surface area contributed by atoms with Crippen molar-refractivity contribution < 1.29 is 13.2 Å². The molecule has 5 heteroatoms. The maximum atomic E-state index is 12.8. The van der Waals surface area contributed by atoms with Crippen LogP contribution in [-0.2, 0) is 14.6 Å². The van der Waals surface area contributed by atoms with Gasteiger partial charge in [-0.25, -0.2) is 8.42 Å². The summed E-state index contributed by atoms with van der Waals surface area (Å²) in [7, 11) is -3.24. The van der Waals surface area contributed by atoms with Gasteiger partial charge in [0.25, 0.3) is 0 Å². The normalized spacial score (nSPS) is 19.3. The summed E-state index contributed by atoms with van der Waals surface area (Å²) in [6.07, 6.45) is 1.61. The van der Waals surface area contributed by atoms with Crippen LogP contribution in [0.15, 0.2) is 53.9 Å². The SMILES string of the molecule is CC(C)C(=O)N(c1cccc2ccccc12)C1C=CS(=O)(=O)C1. The standard InChI is InChI=1S/C18H19NO3S/c1-13(2)18(20)19(15-10-11-23(21,22)12-15)17-9-5-7-14-6-3-4-8-16(14)17/h3-11,13,15H,12H2,1-2H3. The van der Waals surface area contributed by atoms with E-state index in [0.29, 0.717) is 0 Å². The highest BCUT2D eigenvalue weighted by Crippen LogP contribution is 2.31. The van der Waals surface area contributed by atoms with Crippen molar-refractivity contribution in [2.75, 3.05) is 10.7 Å². The number of rotatable bonds is 3. The summed E-state index contributed by atoms with van der Waals surface area (Å²) in [6, 6.07) is 13.1. The Balaban J connectivity index is 2.15. The van der Waals surface area contributed by atoms with Crippen LogP contribution in [0.5, 0.6) is 0 Å². The molecule has 1 atom stereocenters. The Morgan fingerprint density at radius 2 is 1.83 bits per heavy atom. The first-order valence-corrected chi connectivity index (χ1v) is 9.32. The minimum Gasteiger partial charge on any atom is -0.304 e. The van der Waals surface area contributed by atoms with E-state index in [1.807, 2.05) is 56.3 Å². The monoisotopic (exact) mass is 329 g/mol. The molecule has 1 aliphatic heterocycles. The Kier molecular flexibility index (Phi) is 3.98. The highest BCUT2D eigenvalue weighted by atomic mass is 32.2. The van der Waals surface area contributed by atoms with Crippen LogP contribution < -0.4 is 4.90 Å². The van der Waals surface area contributed by atoms with Crippen molar-refractivity contribution in [1.82, 2.24) is 0 Å². The van der Waals surface area contributed by atoms with Crippen molar-refractivity contribution in [2.24, 2.45) is 5.92 Å². The molecule has 0 spiro atoms. The topological polar surface area (TPSA) is 54.5 Å². The summed E-state index contributed by atoms with van der Waals surface area (Å²) < 4.78 is 23.6. The molecule has 0 saturated heterocycles. The molecule has 1 aliphatic rings. The van der Waals surface area contributed by atoms with Crippen LogP contribution in [0.2, 0.25) is 0 Å². The van der Waals surface area contributed by atoms with E-state index < -0.39 is 15.9 Å². The number of anilines is 1. The fourth-order valence-corrected chi connectivity index (χ4v) is 4.15. The first-order chi connectivity index (χ1) is 10.9. The third-order valence-electron chi connectivity index (χ3n) is 4.00. The van der Waals surface area contributed by atoms with Gasteiger partial charge in [-0.15, -0.1) is 0 Å². The zero-order chi connectivity index (χ0) is 16.6. The molecule has 0 saturated carbocycles. The number of fused-ring (bicyclic) bond motifs is 1. The second kappa shape index (κ2) is 5.81. The van der Waals surface area contributed by atoms with Gasteiger partial charge < -0.3 is 4.90 Å². The lowest BCUT2D eigenvalue weighted by atomic mass is 10.0. The maximum Gasteiger partial charge on any atom is 0.230 e. The molecule has 23 heavy (non-hydrogen) atoms. The molecule has 3 rings (SSSR count). The number of carbonyl (C=O) groups is 1. The highest BCUT2D eigenvalue weighted by Gasteiger charge is 2.33. The summed E-state index contributed by atoms with van der Waals surface area (Å²) in [4.78, 5) is 14.4. The van der Waals surface area contributed by atoms with Gasteiger partial charge in [0, 0.05) is 16.7 Å². The number of amides is 1. The lowest BCUT2D eigenvalue weighted by Crippen LogP contribution is -2.43. The predicted octanol–water partition coefficient (Wildman–Crippen LogP) is 3.14. The van der Waals surface area contributed by atoms with Crippen molar-refractivity contribution >= 4 is 32.2 Å². The van der Waals surface area contributed by atoms with Crippen LogP contribution in [0, 0.1) is 5.92 Å². The smallest absolute Gasteiger partial charge is 0.230 e. The largest absolute Gasteiger partial charge is 0.304 e. The molecule has 120 valence electrons. The number of hydrogen-bond donors (Lipinski definition) is 0. The number of hydrogen-bond acceptors (Lipinski definition) is 3. The summed E-state index contributed by atoms with van der Waals surface area (Å²) in [5.41, 5.74) is 0.758. The Hall–Kier alpha value is -2.14. The van der Waals surface area contributed by atoms with E-state index in [9.17, 15) is 13.2 Å². The minimum atomic E-state index is -3.24. The lowest BCUT2D eigenvalue weighted by Gasteiger charge is -2.30. The van der Waals surface area contributed by atoms with Crippen molar-refractivity contribution in [2.45, 2.75) is 19.9 Å². The van der Waals surface area contributed by atoms with Gasteiger partial charge in [0.2, 0.25) is 5.91 Å². The average molecular weight is 329 g/mol. The molecule has 0 aliphatic carbocycles. The zero-order valence-corrected chi connectivity index (χ0v) is 14.0. The number of benzene rings is 2. The molecule has 0 aromatic heterocycles. The average Bonchev–Trinajstić information content (AvgIpc) is 2.87. The van der Waals surface area contributed by atoms with E-state index in [0.717, 1.165) is 16.5 Å². The van der Waals surface area contributed by atoms with Crippen LogP contribution in [0.3, 0.4) is 0 Å². The maximum absolute atomic E-state index is 12.8. The van der Waals surface area contributed by atoms with Crippen LogP contribution in [-0.4, -0.2) is 26.1 Å². The first-order valence-electron chi connectivity index (χ1n) is 7.61. The third-order valence-corrected chi connectivity index (χ3v) is 5.38. The molecule has 0 radical (unpaired) electrons.